The molecule has 0 saturated carbocycles. The highest BCUT2D eigenvalue weighted by Crippen LogP contribution is 2.38. The van der Waals surface area contributed by atoms with Crippen LogP contribution in [0.3, 0.4) is 0 Å². The molecular formula is C14H11F3N4O2. The Hall–Kier alpha value is -2.84. The van der Waals surface area contributed by atoms with Gasteiger partial charge >= 0.3 is 6.18 Å². The highest BCUT2D eigenvalue weighted by molar-refractivity contribution is 5.92. The van der Waals surface area contributed by atoms with Crippen LogP contribution < -0.4 is 9.47 Å². The molecule has 0 N–H and O–H groups in total. The average molecular weight is 324 g/mol. The fraction of sp³-hybridized carbons (Fsp3) is 0.214. The lowest BCUT2D eigenvalue weighted by atomic mass is 10.2. The lowest BCUT2D eigenvalue weighted by molar-refractivity contribution is -0.144. The van der Waals surface area contributed by atoms with Crippen molar-refractivity contribution in [1.29, 1.82) is 0 Å². The molecule has 0 amide bonds. The van der Waals surface area contributed by atoms with Gasteiger partial charge in [0.05, 0.1) is 14.2 Å². The van der Waals surface area contributed by atoms with Crippen molar-refractivity contribution >= 4 is 10.9 Å². The lowest BCUT2D eigenvalue weighted by Gasteiger charge is -2.14. The largest absolute Gasteiger partial charge is 0.493 e. The molecule has 23 heavy (non-hydrogen) atoms. The first-order chi connectivity index (χ1) is 11.0. The molecule has 0 fully saturated rings. The maximum absolute atomic E-state index is 13.1. The Balaban J connectivity index is 2.42. The van der Waals surface area contributed by atoms with Gasteiger partial charge in [-0.25, -0.2) is 15.0 Å². The first-order valence-electron chi connectivity index (χ1n) is 6.44. The van der Waals surface area contributed by atoms with Crippen LogP contribution in [0.4, 0.5) is 13.2 Å². The van der Waals surface area contributed by atoms with E-state index in [1.807, 2.05) is 0 Å². The molecular weight excluding hydrogens is 313 g/mol. The molecule has 0 aliphatic rings. The molecule has 9 heteroatoms. The van der Waals surface area contributed by atoms with E-state index >= 15 is 0 Å². The summed E-state index contributed by atoms with van der Waals surface area (Å²) in [5, 5.41) is 0.383. The van der Waals surface area contributed by atoms with Crippen LogP contribution in [0.1, 0.15) is 5.82 Å². The van der Waals surface area contributed by atoms with Gasteiger partial charge in [-0.2, -0.15) is 13.2 Å². The van der Waals surface area contributed by atoms with Gasteiger partial charge in [-0.05, 0) is 12.1 Å². The van der Waals surface area contributed by atoms with Crippen molar-refractivity contribution in [2.24, 2.45) is 0 Å². The second kappa shape index (κ2) is 5.41. The van der Waals surface area contributed by atoms with Crippen LogP contribution >= 0.6 is 0 Å². The number of aromatic nitrogens is 4. The van der Waals surface area contributed by atoms with Crippen LogP contribution in [0.15, 0.2) is 30.9 Å². The zero-order chi connectivity index (χ0) is 16.6. The zero-order valence-corrected chi connectivity index (χ0v) is 12.1. The minimum atomic E-state index is -4.70. The van der Waals surface area contributed by atoms with Gasteiger partial charge in [0.25, 0.3) is 0 Å². The number of hydrogen-bond acceptors (Lipinski definition) is 5. The Morgan fingerprint density at radius 1 is 1.09 bits per heavy atom. The van der Waals surface area contributed by atoms with Crippen molar-refractivity contribution in [3.63, 3.8) is 0 Å². The van der Waals surface area contributed by atoms with Crippen LogP contribution in [0.2, 0.25) is 0 Å². The van der Waals surface area contributed by atoms with E-state index in [0.29, 0.717) is 5.39 Å². The average Bonchev–Trinajstić information content (AvgIpc) is 3.05. The van der Waals surface area contributed by atoms with Gasteiger partial charge in [0, 0.05) is 17.8 Å². The summed E-state index contributed by atoms with van der Waals surface area (Å²) >= 11 is 0. The summed E-state index contributed by atoms with van der Waals surface area (Å²) in [7, 11) is 2.73. The molecule has 0 aliphatic heterocycles. The molecule has 2 heterocycles. The predicted octanol–water partition coefficient (Wildman–Crippen LogP) is 2.85. The predicted molar refractivity (Wildman–Crippen MR) is 74.8 cm³/mol. The summed E-state index contributed by atoms with van der Waals surface area (Å²) in [6, 6.07) is 3.16. The number of ether oxygens (including phenoxy) is 2. The lowest BCUT2D eigenvalue weighted by Crippen LogP contribution is -2.14. The molecule has 0 aliphatic carbocycles. The van der Waals surface area contributed by atoms with Crippen LogP contribution in [0, 0.1) is 0 Å². The van der Waals surface area contributed by atoms with Gasteiger partial charge < -0.3 is 9.47 Å². The van der Waals surface area contributed by atoms with Crippen LogP contribution in [0.25, 0.3) is 16.7 Å². The van der Waals surface area contributed by atoms with Gasteiger partial charge in [0.1, 0.15) is 17.7 Å². The third-order valence-electron chi connectivity index (χ3n) is 3.19. The van der Waals surface area contributed by atoms with Crippen molar-refractivity contribution in [2.45, 2.75) is 6.18 Å². The summed E-state index contributed by atoms with van der Waals surface area (Å²) in [5.41, 5.74) is 0.0119. The third-order valence-corrected chi connectivity index (χ3v) is 3.19. The van der Waals surface area contributed by atoms with Crippen molar-refractivity contribution in [3.8, 4) is 17.3 Å². The second-order valence-corrected chi connectivity index (χ2v) is 4.54. The van der Waals surface area contributed by atoms with E-state index in [4.69, 9.17) is 9.47 Å². The Bertz CT molecular complexity index is 847. The standard InChI is InChI=1S/C14H11F3N4O2/c1-22-9-4-3-8-10(11(9)23-2)19-13(14(15,16)17)20-12(8)21-6-5-18-7-21/h3-7H,1-2H3. The van der Waals surface area contributed by atoms with E-state index in [1.54, 1.807) is 12.1 Å². The molecule has 0 radical (unpaired) electrons. The first kappa shape index (κ1) is 15.1. The number of alkyl halides is 3. The summed E-state index contributed by atoms with van der Waals surface area (Å²) in [6.07, 6.45) is -0.392. The topological polar surface area (TPSA) is 62.1 Å². The minimum Gasteiger partial charge on any atom is -0.493 e. The summed E-state index contributed by atoms with van der Waals surface area (Å²) in [4.78, 5) is 11.1. The molecule has 3 aromatic rings. The fourth-order valence-corrected chi connectivity index (χ4v) is 2.20. The quantitative estimate of drug-likeness (QED) is 0.741. The summed E-state index contributed by atoms with van der Waals surface area (Å²) < 4.78 is 51.1. The molecule has 1 aromatic carbocycles. The van der Waals surface area contributed by atoms with Gasteiger partial charge in [0.2, 0.25) is 5.82 Å². The number of nitrogens with zero attached hydrogens (tertiary/aromatic N) is 4. The Morgan fingerprint density at radius 2 is 1.87 bits per heavy atom. The maximum Gasteiger partial charge on any atom is 0.451 e. The second-order valence-electron chi connectivity index (χ2n) is 4.54. The van der Waals surface area contributed by atoms with E-state index in [-0.39, 0.29) is 22.8 Å². The highest BCUT2D eigenvalue weighted by Gasteiger charge is 2.36. The maximum atomic E-state index is 13.1. The van der Waals surface area contributed by atoms with Crippen molar-refractivity contribution < 1.29 is 22.6 Å². The number of methoxy groups -OCH3 is 2. The van der Waals surface area contributed by atoms with E-state index in [1.165, 1.54) is 37.5 Å². The number of hydrogen-bond donors (Lipinski definition) is 0. The summed E-state index contributed by atoms with van der Waals surface area (Å²) in [6.45, 7) is 0. The van der Waals surface area contributed by atoms with Crippen LogP contribution in [-0.2, 0) is 6.18 Å². The molecule has 3 rings (SSSR count). The molecule has 6 nitrogen and oxygen atoms in total. The Kier molecular flexibility index (Phi) is 3.55. The third kappa shape index (κ3) is 2.54. The first-order valence-corrected chi connectivity index (χ1v) is 6.44. The molecule has 0 bridgehead atoms. The smallest absolute Gasteiger partial charge is 0.451 e. The molecule has 0 atom stereocenters. The van der Waals surface area contributed by atoms with E-state index in [0.717, 1.165) is 0 Å². The fourth-order valence-electron chi connectivity index (χ4n) is 2.20. The molecule has 120 valence electrons. The van der Waals surface area contributed by atoms with Crippen molar-refractivity contribution in [1.82, 2.24) is 19.5 Å². The van der Waals surface area contributed by atoms with Gasteiger partial charge in [-0.1, -0.05) is 0 Å². The van der Waals surface area contributed by atoms with E-state index < -0.39 is 12.0 Å². The highest BCUT2D eigenvalue weighted by atomic mass is 19.4. The van der Waals surface area contributed by atoms with Gasteiger partial charge in [-0.15, -0.1) is 0 Å². The minimum absolute atomic E-state index is 0.0119. The number of rotatable bonds is 3. The Morgan fingerprint density at radius 3 is 2.43 bits per heavy atom. The SMILES string of the molecule is COc1ccc2c(-n3ccnc3)nc(C(F)(F)F)nc2c1OC. The molecule has 0 unspecified atom stereocenters. The molecule has 0 spiro atoms. The number of imidazole rings is 1. The number of benzene rings is 1. The van der Waals surface area contributed by atoms with Crippen LogP contribution in [-0.4, -0.2) is 33.7 Å². The van der Waals surface area contributed by atoms with Crippen molar-refractivity contribution in [2.75, 3.05) is 14.2 Å². The molecule has 2 aromatic heterocycles. The van der Waals surface area contributed by atoms with Gasteiger partial charge in [0.15, 0.2) is 11.5 Å². The van der Waals surface area contributed by atoms with Crippen LogP contribution in [0.5, 0.6) is 11.5 Å². The van der Waals surface area contributed by atoms with E-state index in [9.17, 15) is 13.2 Å². The van der Waals surface area contributed by atoms with Gasteiger partial charge in [-0.3, -0.25) is 4.57 Å². The van der Waals surface area contributed by atoms with E-state index in [2.05, 4.69) is 15.0 Å². The molecule has 0 saturated heterocycles. The normalized spacial score (nSPS) is 11.7. The van der Waals surface area contributed by atoms with Crippen molar-refractivity contribution in [3.05, 3.63) is 36.7 Å². The summed E-state index contributed by atoms with van der Waals surface area (Å²) in [5.74, 6) is -0.816. The zero-order valence-electron chi connectivity index (χ0n) is 12.1. The monoisotopic (exact) mass is 324 g/mol. The Labute approximate surface area is 128 Å². The number of halogens is 3. The number of fused-ring (bicyclic) bond motifs is 1.